The first-order valence-electron chi connectivity index (χ1n) is 7.74. The summed E-state index contributed by atoms with van der Waals surface area (Å²) in [5.41, 5.74) is 0.673. The van der Waals surface area contributed by atoms with E-state index in [2.05, 4.69) is 10.6 Å². The second kappa shape index (κ2) is 9.57. The quantitative estimate of drug-likeness (QED) is 0.237. The lowest BCUT2D eigenvalue weighted by Crippen LogP contribution is -2.18. The van der Waals surface area contributed by atoms with Crippen LogP contribution in [0.1, 0.15) is 5.56 Å². The summed E-state index contributed by atoms with van der Waals surface area (Å²) in [6.45, 7) is 0.491. The van der Waals surface area contributed by atoms with Crippen LogP contribution < -0.4 is 10.6 Å². The van der Waals surface area contributed by atoms with E-state index in [1.54, 1.807) is 12.1 Å². The highest BCUT2D eigenvalue weighted by Crippen LogP contribution is 2.27. The van der Waals surface area contributed by atoms with E-state index < -0.39 is 10.8 Å². The molecule has 2 aromatic carbocycles. The number of hydrogen-bond acceptors (Lipinski definition) is 5. The Morgan fingerprint density at radius 2 is 2.04 bits per heavy atom. The van der Waals surface area contributed by atoms with E-state index in [1.165, 1.54) is 18.3 Å². The lowest BCUT2D eigenvalue weighted by Gasteiger charge is -2.06. The van der Waals surface area contributed by atoms with Crippen molar-refractivity contribution < 1.29 is 9.72 Å². The van der Waals surface area contributed by atoms with Crippen LogP contribution in [0.2, 0.25) is 10.0 Å². The van der Waals surface area contributed by atoms with Crippen molar-refractivity contribution in [2.24, 2.45) is 0 Å². The molecule has 138 valence electrons. The van der Waals surface area contributed by atoms with Crippen molar-refractivity contribution in [3.05, 3.63) is 80.0 Å². The van der Waals surface area contributed by atoms with Gasteiger partial charge in [-0.3, -0.25) is 14.9 Å². The lowest BCUT2D eigenvalue weighted by molar-refractivity contribution is -0.384. The molecule has 0 heterocycles. The van der Waals surface area contributed by atoms with Gasteiger partial charge in [0.2, 0.25) is 0 Å². The van der Waals surface area contributed by atoms with Gasteiger partial charge in [-0.2, -0.15) is 5.26 Å². The molecule has 27 heavy (non-hydrogen) atoms. The monoisotopic (exact) mass is 404 g/mol. The zero-order valence-electron chi connectivity index (χ0n) is 13.9. The van der Waals surface area contributed by atoms with Crippen LogP contribution in [0.5, 0.6) is 0 Å². The molecular weight excluding hydrogens is 391 g/mol. The average Bonchev–Trinajstić information content (AvgIpc) is 2.63. The van der Waals surface area contributed by atoms with Crippen molar-refractivity contribution in [2.45, 2.75) is 6.42 Å². The van der Waals surface area contributed by atoms with Gasteiger partial charge in [-0.1, -0.05) is 35.3 Å². The normalized spacial score (nSPS) is 10.8. The fourth-order valence-corrected chi connectivity index (χ4v) is 2.56. The minimum Gasteiger partial charge on any atom is -0.389 e. The summed E-state index contributed by atoms with van der Waals surface area (Å²) in [7, 11) is 0. The van der Waals surface area contributed by atoms with Crippen molar-refractivity contribution in [3.8, 4) is 6.07 Å². The summed E-state index contributed by atoms with van der Waals surface area (Å²) in [5.74, 6) is -0.690. The molecule has 0 aliphatic heterocycles. The molecule has 0 saturated heterocycles. The van der Waals surface area contributed by atoms with Gasteiger partial charge in [-0.05, 0) is 36.2 Å². The molecule has 0 saturated carbocycles. The molecular formula is C18H14Cl2N4O3. The van der Waals surface area contributed by atoms with Gasteiger partial charge in [-0.25, -0.2) is 0 Å². The third-order valence-corrected chi connectivity index (χ3v) is 4.01. The maximum absolute atomic E-state index is 12.2. The van der Waals surface area contributed by atoms with Crippen LogP contribution in [0.4, 0.5) is 11.4 Å². The molecule has 2 N–H and O–H groups in total. The van der Waals surface area contributed by atoms with Crippen LogP contribution >= 0.6 is 23.2 Å². The molecule has 0 aromatic heterocycles. The van der Waals surface area contributed by atoms with Gasteiger partial charge in [-0.15, -0.1) is 0 Å². The maximum atomic E-state index is 12.2. The predicted octanol–water partition coefficient (Wildman–Crippen LogP) is 4.08. The second-order valence-corrected chi connectivity index (χ2v) is 6.22. The number of halogens is 2. The number of amides is 1. The van der Waals surface area contributed by atoms with Crippen molar-refractivity contribution in [2.75, 3.05) is 11.9 Å². The summed E-state index contributed by atoms with van der Waals surface area (Å²) >= 11 is 11.6. The van der Waals surface area contributed by atoms with Gasteiger partial charge in [0.1, 0.15) is 16.7 Å². The Balaban J connectivity index is 1.97. The SMILES string of the molecule is N#C/C(=C/NCCc1cccc(Cl)c1)C(=O)Nc1ccc(Cl)c([N+](=O)[O-])c1. The zero-order chi connectivity index (χ0) is 19.8. The van der Waals surface area contributed by atoms with Crippen LogP contribution in [0, 0.1) is 21.4 Å². The standard InChI is InChI=1S/C18H14Cl2N4O3/c19-14-3-1-2-12(8-14)6-7-22-11-13(10-21)18(25)23-15-4-5-16(20)17(9-15)24(26)27/h1-5,8-9,11,22H,6-7H2,(H,23,25)/b13-11-. The largest absolute Gasteiger partial charge is 0.389 e. The molecule has 0 unspecified atom stereocenters. The highest BCUT2D eigenvalue weighted by Gasteiger charge is 2.15. The first kappa shape index (κ1) is 20.2. The molecule has 7 nitrogen and oxygen atoms in total. The third-order valence-electron chi connectivity index (χ3n) is 3.46. The van der Waals surface area contributed by atoms with E-state index in [9.17, 15) is 14.9 Å². The topological polar surface area (TPSA) is 108 Å². The van der Waals surface area contributed by atoms with Crippen molar-refractivity contribution in [1.29, 1.82) is 5.26 Å². The first-order valence-corrected chi connectivity index (χ1v) is 8.49. The molecule has 2 rings (SSSR count). The molecule has 0 aliphatic rings. The Kier molecular flexibility index (Phi) is 7.17. The van der Waals surface area contributed by atoms with Gasteiger partial charge in [0.25, 0.3) is 11.6 Å². The molecule has 0 aliphatic carbocycles. The number of nitrogens with one attached hydrogen (secondary N) is 2. The summed E-state index contributed by atoms with van der Waals surface area (Å²) < 4.78 is 0. The second-order valence-electron chi connectivity index (χ2n) is 5.38. The fourth-order valence-electron chi connectivity index (χ4n) is 2.16. The molecule has 0 atom stereocenters. The summed E-state index contributed by atoms with van der Waals surface area (Å²) in [5, 5.41) is 26.0. The first-order chi connectivity index (χ1) is 12.9. The Hall–Kier alpha value is -3.08. The number of nitro groups is 1. The van der Waals surface area contributed by atoms with Crippen LogP contribution in [0.25, 0.3) is 0 Å². The molecule has 1 amide bonds. The molecule has 9 heteroatoms. The number of anilines is 1. The highest BCUT2D eigenvalue weighted by molar-refractivity contribution is 6.32. The Morgan fingerprint density at radius 3 is 2.70 bits per heavy atom. The molecule has 0 radical (unpaired) electrons. The van der Waals surface area contributed by atoms with Gasteiger partial charge in [0.05, 0.1) is 4.92 Å². The Bertz CT molecular complexity index is 938. The van der Waals surface area contributed by atoms with Gasteiger partial charge in [0.15, 0.2) is 0 Å². The maximum Gasteiger partial charge on any atom is 0.289 e. The van der Waals surface area contributed by atoms with Crippen LogP contribution in [-0.4, -0.2) is 17.4 Å². The van der Waals surface area contributed by atoms with Crippen LogP contribution in [-0.2, 0) is 11.2 Å². The van der Waals surface area contributed by atoms with Crippen molar-refractivity contribution >= 4 is 40.5 Å². The number of carbonyl (C=O) groups excluding carboxylic acids is 1. The Labute approximate surface area is 165 Å². The van der Waals surface area contributed by atoms with E-state index in [0.717, 1.165) is 11.6 Å². The minimum absolute atomic E-state index is 0.0447. The van der Waals surface area contributed by atoms with Gasteiger partial charge in [0, 0.05) is 29.5 Å². The fraction of sp³-hybridized carbons (Fsp3) is 0.111. The minimum atomic E-state index is -0.690. The Morgan fingerprint density at radius 1 is 1.26 bits per heavy atom. The van der Waals surface area contributed by atoms with Crippen molar-refractivity contribution in [3.63, 3.8) is 0 Å². The molecule has 0 fully saturated rings. The van der Waals surface area contributed by atoms with E-state index >= 15 is 0 Å². The number of benzene rings is 2. The van der Waals surface area contributed by atoms with Crippen LogP contribution in [0.3, 0.4) is 0 Å². The number of hydrogen-bond donors (Lipinski definition) is 2. The number of nitriles is 1. The number of carbonyl (C=O) groups is 1. The summed E-state index contributed by atoms with van der Waals surface area (Å²) in [4.78, 5) is 22.4. The predicted molar refractivity (Wildman–Crippen MR) is 104 cm³/mol. The van der Waals surface area contributed by atoms with E-state index in [1.807, 2.05) is 18.2 Å². The number of rotatable bonds is 7. The van der Waals surface area contributed by atoms with Gasteiger partial charge >= 0.3 is 0 Å². The van der Waals surface area contributed by atoms with E-state index in [4.69, 9.17) is 28.5 Å². The smallest absolute Gasteiger partial charge is 0.289 e. The lowest BCUT2D eigenvalue weighted by atomic mass is 10.1. The summed E-state index contributed by atoms with van der Waals surface area (Å²) in [6.07, 6.45) is 1.95. The highest BCUT2D eigenvalue weighted by atomic mass is 35.5. The average molecular weight is 405 g/mol. The molecule has 0 spiro atoms. The van der Waals surface area contributed by atoms with E-state index in [-0.39, 0.29) is 22.0 Å². The van der Waals surface area contributed by atoms with Gasteiger partial charge < -0.3 is 10.6 Å². The number of nitrogens with zero attached hydrogens (tertiary/aromatic N) is 2. The third kappa shape index (κ3) is 5.99. The molecule has 2 aromatic rings. The van der Waals surface area contributed by atoms with E-state index in [0.29, 0.717) is 18.0 Å². The molecule has 0 bridgehead atoms. The summed E-state index contributed by atoms with van der Waals surface area (Å²) in [6, 6.07) is 13.0. The van der Waals surface area contributed by atoms with Crippen LogP contribution in [0.15, 0.2) is 54.2 Å². The zero-order valence-corrected chi connectivity index (χ0v) is 15.4. The van der Waals surface area contributed by atoms with Crippen molar-refractivity contribution in [1.82, 2.24) is 5.32 Å². The number of nitro benzene ring substituents is 1.